The predicted octanol–water partition coefficient (Wildman–Crippen LogP) is 2.60. The Labute approximate surface area is 187 Å². The van der Waals surface area contributed by atoms with Gasteiger partial charge in [-0.05, 0) is 25.3 Å². The monoisotopic (exact) mass is 501 g/mol. The molecular weight excluding hydrogens is 465 g/mol. The highest BCUT2D eigenvalue weighted by Gasteiger charge is 2.20. The Morgan fingerprint density at radius 2 is 1.86 bits per heavy atom. The number of piperidine rings is 1. The van der Waals surface area contributed by atoms with E-state index in [0.717, 1.165) is 45.0 Å². The average molecular weight is 501 g/mol. The van der Waals surface area contributed by atoms with Gasteiger partial charge in [0.15, 0.2) is 5.96 Å². The van der Waals surface area contributed by atoms with E-state index < -0.39 is 0 Å². The summed E-state index contributed by atoms with van der Waals surface area (Å²) in [6.45, 7) is 11.1. The van der Waals surface area contributed by atoms with Crippen molar-refractivity contribution in [1.82, 2.24) is 20.9 Å². The van der Waals surface area contributed by atoms with E-state index in [4.69, 9.17) is 0 Å². The molecule has 1 fully saturated rings. The van der Waals surface area contributed by atoms with Crippen LogP contribution < -0.4 is 16.0 Å². The first kappa shape index (κ1) is 24.7. The molecule has 1 saturated heterocycles. The van der Waals surface area contributed by atoms with E-state index >= 15 is 0 Å². The van der Waals surface area contributed by atoms with Crippen LogP contribution in [-0.4, -0.2) is 55.5 Å². The lowest BCUT2D eigenvalue weighted by atomic mass is 10.0. The molecule has 1 aromatic carbocycles. The number of nitrogens with zero attached hydrogens (tertiary/aromatic N) is 2. The number of carbonyl (C=O) groups is 1. The highest BCUT2D eigenvalue weighted by Crippen LogP contribution is 2.13. The van der Waals surface area contributed by atoms with Gasteiger partial charge < -0.3 is 16.0 Å². The van der Waals surface area contributed by atoms with E-state index in [1.165, 1.54) is 5.56 Å². The standard InChI is InChI=1S/C21H35N5O.HI/c1-4-22-21(24-13-12-23-20(27)17(2)3)25-19-10-14-26(15-11-19)16-18-8-6-5-7-9-18;/h5-9,17,19H,4,10-16H2,1-3H3,(H,23,27)(H2,22,24,25);1H. The number of amides is 1. The van der Waals surface area contributed by atoms with Crippen molar-refractivity contribution in [2.75, 3.05) is 32.7 Å². The highest BCUT2D eigenvalue weighted by molar-refractivity contribution is 14.0. The number of carbonyl (C=O) groups excluding carboxylic acids is 1. The van der Waals surface area contributed by atoms with E-state index in [2.05, 4.69) is 63.1 Å². The van der Waals surface area contributed by atoms with Gasteiger partial charge in [0.1, 0.15) is 0 Å². The zero-order chi connectivity index (χ0) is 19.5. The minimum atomic E-state index is 0. The number of aliphatic imine (C=N–C) groups is 1. The molecule has 0 radical (unpaired) electrons. The molecule has 0 spiro atoms. The van der Waals surface area contributed by atoms with Gasteiger partial charge in [-0.1, -0.05) is 44.2 Å². The largest absolute Gasteiger partial charge is 0.357 e. The van der Waals surface area contributed by atoms with Crippen molar-refractivity contribution in [2.45, 2.75) is 46.2 Å². The van der Waals surface area contributed by atoms with Crippen LogP contribution in [0.3, 0.4) is 0 Å². The molecule has 0 saturated carbocycles. The molecule has 2 rings (SSSR count). The molecule has 7 heteroatoms. The summed E-state index contributed by atoms with van der Waals surface area (Å²) in [7, 11) is 0. The van der Waals surface area contributed by atoms with Crippen LogP contribution in [0.1, 0.15) is 39.2 Å². The van der Waals surface area contributed by atoms with Crippen LogP contribution in [0.25, 0.3) is 0 Å². The van der Waals surface area contributed by atoms with Crippen molar-refractivity contribution in [3.63, 3.8) is 0 Å². The molecular formula is C21H36IN5O. The minimum absolute atomic E-state index is 0. The quantitative estimate of drug-likeness (QED) is 0.222. The molecule has 3 N–H and O–H groups in total. The lowest BCUT2D eigenvalue weighted by Gasteiger charge is -2.33. The van der Waals surface area contributed by atoms with Crippen molar-refractivity contribution < 1.29 is 4.79 Å². The van der Waals surface area contributed by atoms with Crippen LogP contribution in [0.5, 0.6) is 0 Å². The second-order valence-corrected chi connectivity index (χ2v) is 7.39. The topological polar surface area (TPSA) is 68.8 Å². The zero-order valence-corrected chi connectivity index (χ0v) is 19.7. The average Bonchev–Trinajstić information content (AvgIpc) is 2.67. The minimum Gasteiger partial charge on any atom is -0.357 e. The summed E-state index contributed by atoms with van der Waals surface area (Å²) in [6.07, 6.45) is 2.22. The molecule has 28 heavy (non-hydrogen) atoms. The van der Waals surface area contributed by atoms with Crippen molar-refractivity contribution in [1.29, 1.82) is 0 Å². The lowest BCUT2D eigenvalue weighted by Crippen LogP contribution is -2.48. The molecule has 1 amide bonds. The highest BCUT2D eigenvalue weighted by atomic mass is 127. The first-order valence-electron chi connectivity index (χ1n) is 10.2. The van der Waals surface area contributed by atoms with Crippen molar-refractivity contribution in [3.05, 3.63) is 35.9 Å². The summed E-state index contributed by atoms with van der Waals surface area (Å²) >= 11 is 0. The van der Waals surface area contributed by atoms with Crippen molar-refractivity contribution >= 4 is 35.8 Å². The van der Waals surface area contributed by atoms with Crippen LogP contribution in [0.2, 0.25) is 0 Å². The Kier molecular flexibility index (Phi) is 12.1. The maximum Gasteiger partial charge on any atom is 0.222 e. The van der Waals surface area contributed by atoms with Crippen molar-refractivity contribution in [2.24, 2.45) is 10.9 Å². The van der Waals surface area contributed by atoms with Gasteiger partial charge in [-0.25, -0.2) is 0 Å². The Hall–Kier alpha value is -1.35. The second kappa shape index (κ2) is 13.8. The van der Waals surface area contributed by atoms with Crippen LogP contribution in [0.15, 0.2) is 35.3 Å². The van der Waals surface area contributed by atoms with Gasteiger partial charge in [0.05, 0.1) is 6.54 Å². The molecule has 6 nitrogen and oxygen atoms in total. The number of guanidine groups is 1. The molecule has 0 atom stereocenters. The number of hydrogen-bond donors (Lipinski definition) is 3. The molecule has 1 heterocycles. The fourth-order valence-corrected chi connectivity index (χ4v) is 3.14. The van der Waals surface area contributed by atoms with Gasteiger partial charge in [-0.15, -0.1) is 24.0 Å². The first-order chi connectivity index (χ1) is 13.1. The fraction of sp³-hybridized carbons (Fsp3) is 0.619. The number of benzene rings is 1. The van der Waals surface area contributed by atoms with E-state index in [-0.39, 0.29) is 35.8 Å². The molecule has 1 aliphatic heterocycles. The van der Waals surface area contributed by atoms with Crippen LogP contribution in [0.4, 0.5) is 0 Å². The van der Waals surface area contributed by atoms with E-state index in [1.807, 2.05) is 13.8 Å². The van der Waals surface area contributed by atoms with Gasteiger partial charge in [0.2, 0.25) is 5.91 Å². The van der Waals surface area contributed by atoms with Gasteiger partial charge in [-0.3, -0.25) is 14.7 Å². The fourth-order valence-electron chi connectivity index (χ4n) is 3.14. The summed E-state index contributed by atoms with van der Waals surface area (Å²) in [5.41, 5.74) is 1.38. The number of rotatable bonds is 8. The molecule has 1 aromatic rings. The third kappa shape index (κ3) is 9.23. The van der Waals surface area contributed by atoms with Crippen molar-refractivity contribution in [3.8, 4) is 0 Å². The Morgan fingerprint density at radius 1 is 1.18 bits per heavy atom. The third-order valence-electron chi connectivity index (χ3n) is 4.73. The second-order valence-electron chi connectivity index (χ2n) is 7.39. The first-order valence-corrected chi connectivity index (χ1v) is 10.2. The van der Waals surface area contributed by atoms with Crippen LogP contribution in [0, 0.1) is 5.92 Å². The third-order valence-corrected chi connectivity index (χ3v) is 4.73. The summed E-state index contributed by atoms with van der Waals surface area (Å²) in [6, 6.07) is 11.1. The molecule has 158 valence electrons. The molecule has 0 unspecified atom stereocenters. The lowest BCUT2D eigenvalue weighted by molar-refractivity contribution is -0.123. The van der Waals surface area contributed by atoms with Gasteiger partial charge in [0.25, 0.3) is 0 Å². The summed E-state index contributed by atoms with van der Waals surface area (Å²) < 4.78 is 0. The van der Waals surface area contributed by atoms with Crippen LogP contribution in [-0.2, 0) is 11.3 Å². The Morgan fingerprint density at radius 3 is 2.46 bits per heavy atom. The maximum atomic E-state index is 11.6. The van der Waals surface area contributed by atoms with E-state index in [9.17, 15) is 4.79 Å². The number of likely N-dealkylation sites (tertiary alicyclic amines) is 1. The zero-order valence-electron chi connectivity index (χ0n) is 17.4. The van der Waals surface area contributed by atoms with E-state index in [0.29, 0.717) is 19.1 Å². The maximum absolute atomic E-state index is 11.6. The summed E-state index contributed by atoms with van der Waals surface area (Å²) in [5.74, 6) is 0.938. The van der Waals surface area contributed by atoms with Gasteiger partial charge in [0, 0.05) is 44.7 Å². The molecule has 0 aromatic heterocycles. The number of hydrogen-bond acceptors (Lipinski definition) is 3. The molecule has 1 aliphatic rings. The number of halogens is 1. The molecule has 0 aliphatic carbocycles. The van der Waals surface area contributed by atoms with E-state index in [1.54, 1.807) is 0 Å². The smallest absolute Gasteiger partial charge is 0.222 e. The number of nitrogens with one attached hydrogen (secondary N) is 3. The summed E-state index contributed by atoms with van der Waals surface area (Å²) in [4.78, 5) is 18.7. The SMILES string of the molecule is CCNC(=NCCNC(=O)C(C)C)NC1CCN(Cc2ccccc2)CC1.I. The van der Waals surface area contributed by atoms with Gasteiger partial charge in [-0.2, -0.15) is 0 Å². The summed E-state index contributed by atoms with van der Waals surface area (Å²) in [5, 5.41) is 9.76. The molecule has 0 bridgehead atoms. The Balaban J connectivity index is 0.00000392. The normalized spacial score (nSPS) is 15.8. The predicted molar refractivity (Wildman–Crippen MR) is 127 cm³/mol. The van der Waals surface area contributed by atoms with Gasteiger partial charge >= 0.3 is 0 Å². The van der Waals surface area contributed by atoms with Crippen LogP contribution >= 0.6 is 24.0 Å². The Bertz CT molecular complexity index is 586.